The highest BCUT2D eigenvalue weighted by Gasteiger charge is 2.23. The summed E-state index contributed by atoms with van der Waals surface area (Å²) < 4.78 is 11.4. The average Bonchev–Trinajstić information content (AvgIpc) is 3.49. The van der Waals surface area contributed by atoms with Crippen LogP contribution in [0.1, 0.15) is 59.2 Å². The number of ether oxygens (including phenoxy) is 2. The van der Waals surface area contributed by atoms with Crippen LogP contribution in [0.3, 0.4) is 0 Å². The second-order valence-electron chi connectivity index (χ2n) is 9.14. The first kappa shape index (κ1) is 20.5. The summed E-state index contributed by atoms with van der Waals surface area (Å²) in [5, 5.41) is 6.81. The lowest BCUT2D eigenvalue weighted by atomic mass is 9.87. The second-order valence-corrected chi connectivity index (χ2v) is 9.14. The Hall–Kier alpha value is -2.37. The molecule has 1 aliphatic heterocycles. The molecule has 31 heavy (non-hydrogen) atoms. The second kappa shape index (κ2) is 9.41. The molecule has 1 heterocycles. The maximum Gasteiger partial charge on any atom is 0.251 e. The number of hydrogen-bond acceptors (Lipinski definition) is 4. The number of nitrogens with one attached hydrogen (secondary N) is 2. The van der Waals surface area contributed by atoms with Gasteiger partial charge in [-0.25, -0.2) is 0 Å². The predicted octanol–water partition coefficient (Wildman–Crippen LogP) is 3.78. The highest BCUT2D eigenvalue weighted by molar-refractivity contribution is 5.94. The molecule has 2 N–H and O–H groups in total. The molecule has 0 unspecified atom stereocenters. The Balaban J connectivity index is 1.12. The molecule has 0 radical (unpaired) electrons. The molecule has 0 aromatic heterocycles. The molecule has 0 bridgehead atoms. The molecular weight excluding hydrogens is 388 g/mol. The maximum absolute atomic E-state index is 12.7. The summed E-state index contributed by atoms with van der Waals surface area (Å²) in [6.07, 6.45) is 7.91. The largest absolute Gasteiger partial charge is 0.491 e. The van der Waals surface area contributed by atoms with Gasteiger partial charge in [-0.1, -0.05) is 18.2 Å². The van der Waals surface area contributed by atoms with Crippen LogP contribution >= 0.6 is 0 Å². The molecule has 1 saturated carbocycles. The van der Waals surface area contributed by atoms with Crippen LogP contribution in [0.4, 0.5) is 0 Å². The Bertz CT molecular complexity index is 901. The minimum absolute atomic E-state index is 0.00983. The van der Waals surface area contributed by atoms with Crippen LogP contribution in [0.5, 0.6) is 5.75 Å². The molecule has 5 heteroatoms. The van der Waals surface area contributed by atoms with Crippen molar-refractivity contribution in [3.8, 4) is 5.75 Å². The van der Waals surface area contributed by atoms with Crippen molar-refractivity contribution in [3.05, 3.63) is 64.7 Å². The summed E-state index contributed by atoms with van der Waals surface area (Å²) in [6.45, 7) is 2.37. The molecule has 2 aromatic carbocycles. The summed E-state index contributed by atoms with van der Waals surface area (Å²) in [5.74, 6) is 0.773. The summed E-state index contributed by atoms with van der Waals surface area (Å²) >= 11 is 0. The third-order valence-corrected chi connectivity index (χ3v) is 6.58. The molecule has 2 aliphatic carbocycles. The lowest BCUT2D eigenvalue weighted by Crippen LogP contribution is -2.38. The van der Waals surface area contributed by atoms with Crippen LogP contribution in [0.25, 0.3) is 0 Å². The number of amides is 1. The van der Waals surface area contributed by atoms with Gasteiger partial charge in [-0.3, -0.25) is 4.79 Å². The van der Waals surface area contributed by atoms with Gasteiger partial charge in [0.05, 0.1) is 6.10 Å². The minimum atomic E-state index is -0.00983. The van der Waals surface area contributed by atoms with Crippen molar-refractivity contribution in [2.24, 2.45) is 0 Å². The van der Waals surface area contributed by atoms with E-state index in [1.54, 1.807) is 0 Å². The summed E-state index contributed by atoms with van der Waals surface area (Å²) in [6, 6.07) is 15.2. The monoisotopic (exact) mass is 420 g/mol. The summed E-state index contributed by atoms with van der Waals surface area (Å²) in [5.41, 5.74) is 4.85. The molecule has 2 aromatic rings. The van der Waals surface area contributed by atoms with Crippen LogP contribution in [0.15, 0.2) is 42.5 Å². The predicted molar refractivity (Wildman–Crippen MR) is 120 cm³/mol. The first-order valence-corrected chi connectivity index (χ1v) is 11.7. The van der Waals surface area contributed by atoms with Crippen molar-refractivity contribution in [1.82, 2.24) is 10.6 Å². The Morgan fingerprint density at radius 3 is 2.65 bits per heavy atom. The molecule has 164 valence electrons. The zero-order chi connectivity index (χ0) is 21.0. The van der Waals surface area contributed by atoms with Crippen LogP contribution < -0.4 is 15.4 Å². The van der Waals surface area contributed by atoms with Gasteiger partial charge in [-0.15, -0.1) is 0 Å². The number of fused-ring (bicyclic) bond motifs is 1. The van der Waals surface area contributed by atoms with Crippen molar-refractivity contribution in [1.29, 1.82) is 0 Å². The lowest BCUT2D eigenvalue weighted by Gasteiger charge is -2.26. The molecule has 5 rings (SSSR count). The number of benzene rings is 2. The SMILES string of the molecule is O=C(N[C@H]1CCc2cc(CNC3CC3)ccc2C1)c1ccc(OC[C@@H]2CCCO2)cc1. The van der Waals surface area contributed by atoms with Gasteiger partial charge in [-0.05, 0) is 85.9 Å². The molecule has 0 spiro atoms. The number of aryl methyl sites for hydroxylation is 1. The zero-order valence-corrected chi connectivity index (χ0v) is 18.1. The van der Waals surface area contributed by atoms with Crippen LogP contribution in [-0.2, 0) is 24.1 Å². The Kier molecular flexibility index (Phi) is 6.23. The average molecular weight is 421 g/mol. The van der Waals surface area contributed by atoms with Gasteiger partial charge in [0.15, 0.2) is 0 Å². The molecule has 2 fully saturated rings. The van der Waals surface area contributed by atoms with Gasteiger partial charge in [0.2, 0.25) is 0 Å². The third kappa shape index (κ3) is 5.46. The van der Waals surface area contributed by atoms with Crippen LogP contribution in [0, 0.1) is 0 Å². The first-order valence-electron chi connectivity index (χ1n) is 11.7. The van der Waals surface area contributed by atoms with Gasteiger partial charge in [0.1, 0.15) is 12.4 Å². The van der Waals surface area contributed by atoms with Gasteiger partial charge in [0.25, 0.3) is 5.91 Å². The fraction of sp³-hybridized carbons (Fsp3) is 0.500. The number of hydrogen-bond donors (Lipinski definition) is 2. The summed E-state index contributed by atoms with van der Waals surface area (Å²) in [4.78, 5) is 12.7. The molecule has 5 nitrogen and oxygen atoms in total. The molecule has 1 amide bonds. The van der Waals surface area contributed by atoms with Crippen molar-refractivity contribution in [3.63, 3.8) is 0 Å². The number of carbonyl (C=O) groups excluding carboxylic acids is 1. The van der Waals surface area contributed by atoms with Crippen molar-refractivity contribution < 1.29 is 14.3 Å². The third-order valence-electron chi connectivity index (χ3n) is 6.58. The van der Waals surface area contributed by atoms with E-state index >= 15 is 0 Å². The lowest BCUT2D eigenvalue weighted by molar-refractivity contribution is 0.0679. The van der Waals surface area contributed by atoms with Gasteiger partial charge in [-0.2, -0.15) is 0 Å². The number of rotatable bonds is 8. The van der Waals surface area contributed by atoms with Crippen molar-refractivity contribution >= 4 is 5.91 Å². The topological polar surface area (TPSA) is 59.6 Å². The smallest absolute Gasteiger partial charge is 0.251 e. The van der Waals surface area contributed by atoms with E-state index in [2.05, 4.69) is 28.8 Å². The van der Waals surface area contributed by atoms with Crippen LogP contribution in [-0.4, -0.2) is 37.3 Å². The van der Waals surface area contributed by atoms with Crippen molar-refractivity contribution in [2.75, 3.05) is 13.2 Å². The molecular formula is C26H32N2O3. The maximum atomic E-state index is 12.7. The van der Waals surface area contributed by atoms with E-state index in [1.165, 1.54) is 29.5 Å². The molecule has 1 saturated heterocycles. The Morgan fingerprint density at radius 1 is 1.00 bits per heavy atom. The standard InChI is InChI=1S/C26H32N2O3/c29-26(19-6-11-24(12-7-19)31-17-25-2-1-13-30-25)28-23-8-5-20-14-18(3-4-21(20)15-23)16-27-22-9-10-22/h3-4,6-7,11-12,14,22-23,25,27H,1-2,5,8-10,13,15-17H2,(H,28,29)/t23-,25-/m0/s1. The van der Waals surface area contributed by atoms with Gasteiger partial charge < -0.3 is 20.1 Å². The summed E-state index contributed by atoms with van der Waals surface area (Å²) in [7, 11) is 0. The number of carbonyl (C=O) groups is 1. The quantitative estimate of drug-likeness (QED) is 0.682. The van der Waals surface area contributed by atoms with E-state index in [9.17, 15) is 4.79 Å². The van der Waals surface area contributed by atoms with E-state index in [1.807, 2.05) is 24.3 Å². The van der Waals surface area contributed by atoms with Gasteiger partial charge in [0, 0.05) is 30.8 Å². The molecule has 3 aliphatic rings. The zero-order valence-electron chi connectivity index (χ0n) is 18.1. The normalized spacial score (nSPS) is 22.7. The van der Waals surface area contributed by atoms with E-state index in [0.29, 0.717) is 12.2 Å². The van der Waals surface area contributed by atoms with E-state index in [0.717, 1.165) is 57.0 Å². The van der Waals surface area contributed by atoms with E-state index < -0.39 is 0 Å². The van der Waals surface area contributed by atoms with E-state index in [4.69, 9.17) is 9.47 Å². The van der Waals surface area contributed by atoms with Crippen LogP contribution in [0.2, 0.25) is 0 Å². The fourth-order valence-corrected chi connectivity index (χ4v) is 4.53. The molecule has 2 atom stereocenters. The van der Waals surface area contributed by atoms with Crippen molar-refractivity contribution in [2.45, 2.75) is 69.7 Å². The Labute approximate surface area is 184 Å². The van der Waals surface area contributed by atoms with Gasteiger partial charge >= 0.3 is 0 Å². The highest BCUT2D eigenvalue weighted by atomic mass is 16.5. The first-order chi connectivity index (χ1) is 15.2. The minimum Gasteiger partial charge on any atom is -0.491 e. The van der Waals surface area contributed by atoms with E-state index in [-0.39, 0.29) is 18.1 Å². The fourth-order valence-electron chi connectivity index (χ4n) is 4.53. The Morgan fingerprint density at radius 2 is 1.87 bits per heavy atom. The highest BCUT2D eigenvalue weighted by Crippen LogP contribution is 2.25.